The van der Waals surface area contributed by atoms with Crippen LogP contribution in [0.15, 0.2) is 0 Å². The minimum Gasteiger partial charge on any atom is -0.374 e. The van der Waals surface area contributed by atoms with Crippen molar-refractivity contribution in [1.82, 2.24) is 5.32 Å². The fraction of sp³-hybridized carbons (Fsp3) is 1.00. The molecule has 15 heavy (non-hydrogen) atoms. The molecule has 90 valence electrons. The minimum atomic E-state index is 0.134. The van der Waals surface area contributed by atoms with E-state index in [-0.39, 0.29) is 5.60 Å². The predicted molar refractivity (Wildman–Crippen MR) is 65.1 cm³/mol. The normalized spacial score (nSPS) is 32.2. The molecule has 0 aromatic rings. The molecule has 0 atom stereocenters. The lowest BCUT2D eigenvalue weighted by molar-refractivity contribution is -0.0733. The summed E-state index contributed by atoms with van der Waals surface area (Å²) in [5, 5.41) is 3.28. The lowest BCUT2D eigenvalue weighted by Gasteiger charge is -2.41. The smallest absolute Gasteiger partial charge is 0.0806 e. The van der Waals surface area contributed by atoms with E-state index < -0.39 is 0 Å². The number of hydrogen-bond donors (Lipinski definition) is 1. The lowest BCUT2D eigenvalue weighted by Crippen LogP contribution is -2.45. The molecular weight excluding hydrogens is 186 g/mol. The second kappa shape index (κ2) is 5.86. The largest absolute Gasteiger partial charge is 0.374 e. The van der Waals surface area contributed by atoms with Gasteiger partial charge in [0.25, 0.3) is 0 Å². The van der Waals surface area contributed by atoms with Crippen molar-refractivity contribution in [2.45, 2.75) is 52.1 Å². The molecule has 0 aliphatic heterocycles. The number of likely N-dealkylation sites (N-methyl/N-ethyl adjacent to an activating group) is 1. The number of hydrogen-bond acceptors (Lipinski definition) is 2. The average molecular weight is 213 g/mol. The van der Waals surface area contributed by atoms with E-state index in [1.165, 1.54) is 25.7 Å². The second-order valence-electron chi connectivity index (χ2n) is 5.23. The van der Waals surface area contributed by atoms with Gasteiger partial charge < -0.3 is 10.1 Å². The highest BCUT2D eigenvalue weighted by atomic mass is 16.5. The monoisotopic (exact) mass is 213 g/mol. The molecule has 0 spiro atoms. The number of rotatable bonds is 5. The van der Waals surface area contributed by atoms with Crippen LogP contribution in [-0.4, -0.2) is 25.8 Å². The zero-order chi connectivity index (χ0) is 11.3. The molecule has 1 aliphatic rings. The maximum atomic E-state index is 5.98. The molecule has 0 amide bonds. The summed E-state index contributed by atoms with van der Waals surface area (Å²) in [7, 11) is 2.02. The van der Waals surface area contributed by atoms with E-state index in [0.717, 1.165) is 25.0 Å². The molecule has 2 heteroatoms. The molecule has 0 aromatic carbocycles. The first-order valence-electron chi connectivity index (χ1n) is 6.42. The molecule has 0 radical (unpaired) electrons. The maximum absolute atomic E-state index is 5.98. The summed E-state index contributed by atoms with van der Waals surface area (Å²) in [5.74, 6) is 1.75. The highest BCUT2D eigenvalue weighted by Gasteiger charge is 2.35. The Labute approximate surface area is 94.8 Å². The van der Waals surface area contributed by atoms with Crippen molar-refractivity contribution in [3.8, 4) is 0 Å². The van der Waals surface area contributed by atoms with E-state index in [2.05, 4.69) is 26.1 Å². The van der Waals surface area contributed by atoms with Gasteiger partial charge >= 0.3 is 0 Å². The van der Waals surface area contributed by atoms with E-state index in [9.17, 15) is 0 Å². The first kappa shape index (κ1) is 13.0. The minimum absolute atomic E-state index is 0.134. The van der Waals surface area contributed by atoms with E-state index in [1.54, 1.807) is 0 Å². The fourth-order valence-corrected chi connectivity index (χ4v) is 2.83. The summed E-state index contributed by atoms with van der Waals surface area (Å²) in [6.45, 7) is 8.64. The van der Waals surface area contributed by atoms with E-state index >= 15 is 0 Å². The van der Waals surface area contributed by atoms with Gasteiger partial charge in [0.1, 0.15) is 0 Å². The van der Waals surface area contributed by atoms with Crippen LogP contribution in [0.5, 0.6) is 0 Å². The maximum Gasteiger partial charge on any atom is 0.0806 e. The summed E-state index contributed by atoms with van der Waals surface area (Å²) in [6, 6.07) is 0. The summed E-state index contributed by atoms with van der Waals surface area (Å²) in [4.78, 5) is 0. The third-order valence-corrected chi connectivity index (χ3v) is 3.83. The van der Waals surface area contributed by atoms with Crippen LogP contribution in [0.3, 0.4) is 0 Å². The van der Waals surface area contributed by atoms with Gasteiger partial charge in [-0.15, -0.1) is 0 Å². The van der Waals surface area contributed by atoms with E-state index in [0.29, 0.717) is 0 Å². The highest BCUT2D eigenvalue weighted by Crippen LogP contribution is 2.37. The molecule has 0 unspecified atom stereocenters. The van der Waals surface area contributed by atoms with Crippen molar-refractivity contribution >= 4 is 0 Å². The van der Waals surface area contributed by atoms with Gasteiger partial charge in [-0.2, -0.15) is 0 Å². The van der Waals surface area contributed by atoms with Crippen LogP contribution in [0, 0.1) is 11.8 Å². The Morgan fingerprint density at radius 2 is 1.93 bits per heavy atom. The lowest BCUT2D eigenvalue weighted by atomic mass is 9.74. The summed E-state index contributed by atoms with van der Waals surface area (Å²) < 4.78 is 5.98. The average Bonchev–Trinajstić information content (AvgIpc) is 2.19. The van der Waals surface area contributed by atoms with E-state index in [4.69, 9.17) is 4.74 Å². The molecule has 1 rings (SSSR count). The van der Waals surface area contributed by atoms with E-state index in [1.807, 2.05) is 7.05 Å². The molecule has 0 aromatic heterocycles. The van der Waals surface area contributed by atoms with Crippen LogP contribution in [0.2, 0.25) is 0 Å². The van der Waals surface area contributed by atoms with Crippen LogP contribution < -0.4 is 5.32 Å². The SMILES string of the molecule is CCOC1(CNC)CCC(C(C)C)CC1. The molecule has 0 bridgehead atoms. The fourth-order valence-electron chi connectivity index (χ4n) is 2.83. The molecule has 0 heterocycles. The Bertz CT molecular complexity index is 163. The van der Waals surface area contributed by atoms with Crippen molar-refractivity contribution in [1.29, 1.82) is 0 Å². The van der Waals surface area contributed by atoms with Crippen molar-refractivity contribution < 1.29 is 4.74 Å². The van der Waals surface area contributed by atoms with Gasteiger partial charge in [-0.05, 0) is 51.5 Å². The van der Waals surface area contributed by atoms with Crippen LogP contribution in [0.1, 0.15) is 46.5 Å². The Hall–Kier alpha value is -0.0800. The van der Waals surface area contributed by atoms with Crippen LogP contribution in [-0.2, 0) is 4.74 Å². The molecule has 2 nitrogen and oxygen atoms in total. The standard InChI is InChI=1S/C13H27NO/c1-5-15-13(10-14-4)8-6-12(7-9-13)11(2)3/h11-12,14H,5-10H2,1-4H3. The Kier molecular flexibility index (Phi) is 5.07. The zero-order valence-electron chi connectivity index (χ0n) is 10.8. The van der Waals surface area contributed by atoms with Gasteiger partial charge in [-0.1, -0.05) is 13.8 Å². The third kappa shape index (κ3) is 3.46. The Morgan fingerprint density at radius 3 is 2.33 bits per heavy atom. The highest BCUT2D eigenvalue weighted by molar-refractivity contribution is 4.89. The first-order chi connectivity index (χ1) is 7.13. The second-order valence-corrected chi connectivity index (χ2v) is 5.23. The van der Waals surface area contributed by atoms with Crippen molar-refractivity contribution in [2.75, 3.05) is 20.2 Å². The molecular formula is C13H27NO. The van der Waals surface area contributed by atoms with Gasteiger partial charge in [-0.25, -0.2) is 0 Å². The molecule has 1 N–H and O–H groups in total. The van der Waals surface area contributed by atoms with Crippen LogP contribution in [0.4, 0.5) is 0 Å². The topological polar surface area (TPSA) is 21.3 Å². The first-order valence-corrected chi connectivity index (χ1v) is 6.42. The summed E-state index contributed by atoms with van der Waals surface area (Å²) >= 11 is 0. The van der Waals surface area contributed by atoms with Crippen LogP contribution >= 0.6 is 0 Å². The van der Waals surface area contributed by atoms with Gasteiger partial charge in [0.2, 0.25) is 0 Å². The molecule has 1 aliphatic carbocycles. The van der Waals surface area contributed by atoms with Gasteiger partial charge in [0.05, 0.1) is 5.60 Å². The third-order valence-electron chi connectivity index (χ3n) is 3.83. The van der Waals surface area contributed by atoms with Crippen molar-refractivity contribution in [2.24, 2.45) is 11.8 Å². The molecule has 1 fully saturated rings. The van der Waals surface area contributed by atoms with Gasteiger partial charge in [0.15, 0.2) is 0 Å². The van der Waals surface area contributed by atoms with Crippen LogP contribution in [0.25, 0.3) is 0 Å². The summed E-state index contributed by atoms with van der Waals surface area (Å²) in [6.07, 6.45) is 5.12. The summed E-state index contributed by atoms with van der Waals surface area (Å²) in [5.41, 5.74) is 0.134. The number of nitrogens with one attached hydrogen (secondary N) is 1. The Balaban J connectivity index is 2.49. The molecule has 0 saturated heterocycles. The predicted octanol–water partition coefficient (Wildman–Crippen LogP) is 2.83. The van der Waals surface area contributed by atoms with Gasteiger partial charge in [-0.3, -0.25) is 0 Å². The Morgan fingerprint density at radius 1 is 1.33 bits per heavy atom. The van der Waals surface area contributed by atoms with Crippen molar-refractivity contribution in [3.05, 3.63) is 0 Å². The van der Waals surface area contributed by atoms with Gasteiger partial charge in [0, 0.05) is 13.2 Å². The zero-order valence-corrected chi connectivity index (χ0v) is 10.8. The quantitative estimate of drug-likeness (QED) is 0.758. The molecule has 1 saturated carbocycles. The van der Waals surface area contributed by atoms with Crippen molar-refractivity contribution in [3.63, 3.8) is 0 Å². The number of ether oxygens (including phenoxy) is 1.